The molecule has 1 aliphatic heterocycles. The minimum absolute atomic E-state index is 0.0105. The summed E-state index contributed by atoms with van der Waals surface area (Å²) in [5.74, 6) is -0.461. The molecule has 1 saturated heterocycles. The van der Waals surface area contributed by atoms with Crippen LogP contribution in [0.2, 0.25) is 18.1 Å². The number of ether oxygens (including phenoxy) is 4. The number of benzene rings is 3. The van der Waals surface area contributed by atoms with Crippen molar-refractivity contribution in [1.29, 1.82) is 0 Å². The Morgan fingerprint density at radius 3 is 1.55 bits per heavy atom. The van der Waals surface area contributed by atoms with Gasteiger partial charge < -0.3 is 23.4 Å². The van der Waals surface area contributed by atoms with Gasteiger partial charge in [-0.1, -0.05) is 112 Å². The van der Waals surface area contributed by atoms with Crippen LogP contribution in [0.1, 0.15) is 37.5 Å². The highest BCUT2D eigenvalue weighted by Gasteiger charge is 2.50. The topological polar surface area (TPSA) is 63.2 Å². The molecular weight excluding hydrogens is 520 g/mol. The summed E-state index contributed by atoms with van der Waals surface area (Å²) in [5, 5.41) is 0.0105. The van der Waals surface area contributed by atoms with Gasteiger partial charge in [0.1, 0.15) is 12.2 Å². The largest absolute Gasteiger partial charge is 0.455 e. The minimum atomic E-state index is -2.12. The standard InChI is InChI=1S/C33H42O6Si/c1-33(2,3)40(4,5)38-24-28-29(35-21-25-15-9-6-10-16-25)30(36-22-26-17-11-7-12-18-26)31(32(34)39-28)37-23-27-19-13-8-14-20-27/h6-20,28-31H,21-24H2,1-5H3/t28-,29-,30-,31+/m1/s1. The summed E-state index contributed by atoms with van der Waals surface area (Å²) in [6.45, 7) is 12.1. The molecule has 1 heterocycles. The fraction of sp³-hybridized carbons (Fsp3) is 0.424. The Hall–Kier alpha value is -2.81. The monoisotopic (exact) mass is 562 g/mol. The maximum atomic E-state index is 13.5. The van der Waals surface area contributed by atoms with E-state index in [4.69, 9.17) is 23.4 Å². The number of rotatable bonds is 12. The van der Waals surface area contributed by atoms with Crippen LogP contribution in [0, 0.1) is 0 Å². The van der Waals surface area contributed by atoms with Gasteiger partial charge in [0.2, 0.25) is 0 Å². The lowest BCUT2D eigenvalue weighted by atomic mass is 9.98. The highest BCUT2D eigenvalue weighted by Crippen LogP contribution is 2.37. The van der Waals surface area contributed by atoms with Crippen LogP contribution >= 0.6 is 0 Å². The maximum Gasteiger partial charge on any atom is 0.338 e. The third kappa shape index (κ3) is 8.12. The number of carbonyl (C=O) groups is 1. The number of esters is 1. The van der Waals surface area contributed by atoms with Crippen molar-refractivity contribution in [3.05, 3.63) is 108 Å². The maximum absolute atomic E-state index is 13.5. The van der Waals surface area contributed by atoms with Crippen molar-refractivity contribution in [2.24, 2.45) is 0 Å². The Bertz CT molecular complexity index is 1180. The summed E-state index contributed by atoms with van der Waals surface area (Å²) in [6.07, 6.45) is -2.87. The van der Waals surface area contributed by atoms with Crippen molar-refractivity contribution in [2.45, 2.75) is 83.1 Å². The van der Waals surface area contributed by atoms with Gasteiger partial charge in [-0.3, -0.25) is 0 Å². The summed E-state index contributed by atoms with van der Waals surface area (Å²) < 4.78 is 31.7. The van der Waals surface area contributed by atoms with Crippen LogP contribution in [0.15, 0.2) is 91.0 Å². The van der Waals surface area contributed by atoms with Crippen LogP contribution in [-0.4, -0.2) is 45.3 Å². The first-order valence-corrected chi connectivity index (χ1v) is 16.9. The fourth-order valence-corrected chi connectivity index (χ4v) is 5.29. The number of hydrogen-bond acceptors (Lipinski definition) is 6. The smallest absolute Gasteiger partial charge is 0.338 e. The normalized spacial score (nSPS) is 21.7. The SMILES string of the molecule is CC(C)(C)[Si](C)(C)OC[C@H]1OC(=O)[C@@H](OCc2ccccc2)[C@H](OCc2ccccc2)[C@@H]1OCc1ccccc1. The second kappa shape index (κ2) is 13.7. The molecule has 0 N–H and O–H groups in total. The van der Waals surface area contributed by atoms with Gasteiger partial charge in [0.05, 0.1) is 26.4 Å². The molecule has 0 aromatic heterocycles. The van der Waals surface area contributed by atoms with Crippen LogP contribution in [0.3, 0.4) is 0 Å². The van der Waals surface area contributed by atoms with E-state index >= 15 is 0 Å². The van der Waals surface area contributed by atoms with Crippen LogP contribution in [-0.2, 0) is 48.0 Å². The zero-order valence-electron chi connectivity index (χ0n) is 24.2. The molecule has 0 saturated carbocycles. The zero-order valence-corrected chi connectivity index (χ0v) is 25.2. The van der Waals surface area contributed by atoms with Crippen molar-refractivity contribution in [3.63, 3.8) is 0 Å². The van der Waals surface area contributed by atoms with E-state index < -0.39 is 38.7 Å². The van der Waals surface area contributed by atoms with Crippen LogP contribution < -0.4 is 0 Å². The average Bonchev–Trinajstić information content (AvgIpc) is 2.95. The van der Waals surface area contributed by atoms with Crippen molar-refractivity contribution < 1.29 is 28.2 Å². The van der Waals surface area contributed by atoms with Crippen LogP contribution in [0.5, 0.6) is 0 Å². The highest BCUT2D eigenvalue weighted by atomic mass is 28.4. The summed E-state index contributed by atoms with van der Waals surface area (Å²) in [5.41, 5.74) is 2.98. The Morgan fingerprint density at radius 2 is 1.10 bits per heavy atom. The molecule has 1 aliphatic rings. The molecule has 0 bridgehead atoms. The lowest BCUT2D eigenvalue weighted by molar-refractivity contribution is -0.236. The zero-order chi connectivity index (χ0) is 28.6. The lowest BCUT2D eigenvalue weighted by Gasteiger charge is -2.43. The molecule has 0 radical (unpaired) electrons. The van der Waals surface area contributed by atoms with Crippen LogP contribution in [0.4, 0.5) is 0 Å². The molecule has 0 aliphatic carbocycles. The molecule has 3 aromatic carbocycles. The Labute approximate surface area is 239 Å². The molecule has 4 rings (SSSR count). The van der Waals surface area contributed by atoms with Crippen molar-refractivity contribution >= 4 is 14.3 Å². The first-order valence-electron chi connectivity index (χ1n) is 13.9. The Kier molecular flexibility index (Phi) is 10.3. The average molecular weight is 563 g/mol. The van der Waals surface area contributed by atoms with Crippen molar-refractivity contribution in [2.75, 3.05) is 6.61 Å². The minimum Gasteiger partial charge on any atom is -0.455 e. The van der Waals surface area contributed by atoms with Crippen molar-refractivity contribution in [3.8, 4) is 0 Å². The van der Waals surface area contributed by atoms with Gasteiger partial charge in [0, 0.05) is 0 Å². The van der Waals surface area contributed by atoms with E-state index in [1.165, 1.54) is 0 Å². The number of cyclic esters (lactones) is 1. The highest BCUT2D eigenvalue weighted by molar-refractivity contribution is 6.74. The molecule has 6 nitrogen and oxygen atoms in total. The lowest BCUT2D eigenvalue weighted by Crippen LogP contribution is -2.60. The van der Waals surface area contributed by atoms with E-state index in [1.807, 2.05) is 91.0 Å². The quantitative estimate of drug-likeness (QED) is 0.181. The summed E-state index contributed by atoms with van der Waals surface area (Å²) in [7, 11) is -2.12. The van der Waals surface area contributed by atoms with E-state index in [1.54, 1.807) is 0 Å². The predicted octanol–water partition coefficient (Wildman–Crippen LogP) is 6.69. The van der Waals surface area contributed by atoms with Gasteiger partial charge in [-0.25, -0.2) is 4.79 Å². The second-order valence-electron chi connectivity index (χ2n) is 11.8. The molecule has 40 heavy (non-hydrogen) atoms. The molecule has 0 amide bonds. The van der Waals surface area contributed by atoms with E-state index in [2.05, 4.69) is 33.9 Å². The van der Waals surface area contributed by atoms with Crippen molar-refractivity contribution in [1.82, 2.24) is 0 Å². The molecule has 0 spiro atoms. The molecular formula is C33H42O6Si. The van der Waals surface area contributed by atoms with Gasteiger partial charge in [0.25, 0.3) is 0 Å². The van der Waals surface area contributed by atoms with E-state index in [-0.39, 0.29) is 18.3 Å². The first-order chi connectivity index (χ1) is 19.1. The molecule has 214 valence electrons. The summed E-state index contributed by atoms with van der Waals surface area (Å²) >= 11 is 0. The van der Waals surface area contributed by atoms with Crippen LogP contribution in [0.25, 0.3) is 0 Å². The summed E-state index contributed by atoms with van der Waals surface area (Å²) in [6, 6.07) is 29.6. The predicted molar refractivity (Wildman–Crippen MR) is 158 cm³/mol. The molecule has 0 unspecified atom stereocenters. The molecule has 3 aromatic rings. The van der Waals surface area contributed by atoms with E-state index in [0.29, 0.717) is 13.2 Å². The Balaban J connectivity index is 1.60. The summed E-state index contributed by atoms with van der Waals surface area (Å²) in [4.78, 5) is 13.5. The third-order valence-corrected chi connectivity index (χ3v) is 12.2. The fourth-order valence-electron chi connectivity index (χ4n) is 4.28. The number of hydrogen-bond donors (Lipinski definition) is 0. The third-order valence-electron chi connectivity index (χ3n) is 7.75. The number of carbonyl (C=O) groups excluding carboxylic acids is 1. The molecule has 1 fully saturated rings. The van der Waals surface area contributed by atoms with Gasteiger partial charge >= 0.3 is 5.97 Å². The van der Waals surface area contributed by atoms with Gasteiger partial charge in [-0.05, 0) is 34.8 Å². The van der Waals surface area contributed by atoms with Gasteiger partial charge in [-0.15, -0.1) is 0 Å². The van der Waals surface area contributed by atoms with Gasteiger partial charge in [-0.2, -0.15) is 0 Å². The molecule has 7 heteroatoms. The van der Waals surface area contributed by atoms with E-state index in [9.17, 15) is 4.79 Å². The Morgan fingerprint density at radius 1 is 0.675 bits per heavy atom. The van der Waals surface area contributed by atoms with Gasteiger partial charge in [0.15, 0.2) is 20.5 Å². The first kappa shape index (κ1) is 30.2. The van der Waals surface area contributed by atoms with E-state index in [0.717, 1.165) is 16.7 Å². The second-order valence-corrected chi connectivity index (χ2v) is 16.6. The molecule has 4 atom stereocenters.